The summed E-state index contributed by atoms with van der Waals surface area (Å²) in [7, 11) is 0. The van der Waals surface area contributed by atoms with Crippen molar-refractivity contribution in [2.75, 3.05) is 0 Å². The zero-order chi connectivity index (χ0) is 18.7. The van der Waals surface area contributed by atoms with Crippen molar-refractivity contribution in [1.82, 2.24) is 4.57 Å². The molecule has 0 radical (unpaired) electrons. The van der Waals surface area contributed by atoms with E-state index in [0.29, 0.717) is 12.0 Å². The molecule has 0 aliphatic heterocycles. The lowest BCUT2D eigenvalue weighted by Gasteiger charge is -2.15. The molecule has 132 valence electrons. The minimum Gasteiger partial charge on any atom is -0.550 e. The molecule has 0 fully saturated rings. The van der Waals surface area contributed by atoms with E-state index in [1.807, 2.05) is 53.1 Å². The molecule has 0 N–H and O–H groups in total. The quantitative estimate of drug-likeness (QED) is 0.580. The number of ketones is 1. The van der Waals surface area contributed by atoms with Gasteiger partial charge in [0.1, 0.15) is 0 Å². The third-order valence-corrected chi connectivity index (χ3v) is 4.75. The molecule has 0 bridgehead atoms. The number of benzene rings is 2. The van der Waals surface area contributed by atoms with Crippen LogP contribution in [-0.4, -0.2) is 16.3 Å². The average Bonchev–Trinajstić information content (AvgIpc) is 3.04. The summed E-state index contributed by atoms with van der Waals surface area (Å²) in [5.74, 6) is -1.07. The fourth-order valence-electron chi connectivity index (χ4n) is 2.90. The molecule has 26 heavy (non-hydrogen) atoms. The van der Waals surface area contributed by atoms with Crippen molar-refractivity contribution in [2.24, 2.45) is 0 Å². The first-order valence-electron chi connectivity index (χ1n) is 8.23. The first-order chi connectivity index (χ1) is 12.5. The minimum absolute atomic E-state index is 0.00867. The summed E-state index contributed by atoms with van der Waals surface area (Å²) in [4.78, 5) is 22.4. The smallest absolute Gasteiger partial charge is 0.159 e. The fraction of sp³-hybridized carbons (Fsp3) is 0.143. The third kappa shape index (κ3) is 3.94. The lowest BCUT2D eigenvalue weighted by molar-refractivity contribution is -0.305. The van der Waals surface area contributed by atoms with Crippen molar-refractivity contribution in [3.8, 4) is 16.9 Å². The van der Waals surface area contributed by atoms with E-state index in [1.165, 1.54) is 6.92 Å². The first kappa shape index (κ1) is 18.1. The first-order valence-corrected chi connectivity index (χ1v) is 9.03. The maximum absolute atomic E-state index is 11.5. The van der Waals surface area contributed by atoms with E-state index in [-0.39, 0.29) is 12.2 Å². The monoisotopic (exact) mass is 410 g/mol. The molecule has 0 amide bonds. The van der Waals surface area contributed by atoms with E-state index in [9.17, 15) is 14.7 Å². The van der Waals surface area contributed by atoms with Crippen LogP contribution in [0, 0.1) is 0 Å². The molecule has 0 aliphatic rings. The number of aryl methyl sites for hydroxylation is 1. The zero-order valence-corrected chi connectivity index (χ0v) is 15.8. The van der Waals surface area contributed by atoms with Crippen molar-refractivity contribution in [3.05, 3.63) is 76.4 Å². The summed E-state index contributed by atoms with van der Waals surface area (Å²) >= 11 is 3.44. The molecular formula is C21H17BrNO3-. The van der Waals surface area contributed by atoms with Crippen LogP contribution >= 0.6 is 15.9 Å². The Morgan fingerprint density at radius 3 is 2.19 bits per heavy atom. The summed E-state index contributed by atoms with van der Waals surface area (Å²) in [6, 6.07) is 19.2. The van der Waals surface area contributed by atoms with Gasteiger partial charge in [0.2, 0.25) is 0 Å². The number of carbonyl (C=O) groups excluding carboxylic acids is 2. The van der Waals surface area contributed by atoms with Gasteiger partial charge in [-0.25, -0.2) is 0 Å². The second-order valence-electron chi connectivity index (χ2n) is 6.03. The Balaban J connectivity index is 2.09. The van der Waals surface area contributed by atoms with Gasteiger partial charge in [-0.15, -0.1) is 0 Å². The topological polar surface area (TPSA) is 62.1 Å². The van der Waals surface area contributed by atoms with E-state index in [2.05, 4.69) is 15.9 Å². The molecule has 0 saturated carbocycles. The molecule has 1 heterocycles. The highest BCUT2D eigenvalue weighted by molar-refractivity contribution is 9.10. The molecule has 4 nitrogen and oxygen atoms in total. The Morgan fingerprint density at radius 1 is 0.962 bits per heavy atom. The molecule has 1 aromatic heterocycles. The predicted molar refractivity (Wildman–Crippen MR) is 102 cm³/mol. The number of carboxylic acids is 1. The Kier molecular flexibility index (Phi) is 5.38. The van der Waals surface area contributed by atoms with Crippen molar-refractivity contribution >= 4 is 27.7 Å². The summed E-state index contributed by atoms with van der Waals surface area (Å²) < 4.78 is 3.01. The van der Waals surface area contributed by atoms with Crippen molar-refractivity contribution in [2.45, 2.75) is 19.8 Å². The molecular weight excluding hydrogens is 394 g/mol. The molecule has 2 aromatic carbocycles. The molecule has 0 unspecified atom stereocenters. The number of rotatable bonds is 6. The molecule has 3 aromatic rings. The number of aromatic nitrogens is 1. The van der Waals surface area contributed by atoms with Gasteiger partial charge >= 0.3 is 0 Å². The number of nitrogens with zero attached hydrogens (tertiary/aromatic N) is 1. The van der Waals surface area contributed by atoms with Gasteiger partial charge in [0.05, 0.1) is 5.69 Å². The Morgan fingerprint density at radius 2 is 1.62 bits per heavy atom. The van der Waals surface area contributed by atoms with Crippen LogP contribution in [0.5, 0.6) is 0 Å². The van der Waals surface area contributed by atoms with Crippen LogP contribution in [0.2, 0.25) is 0 Å². The van der Waals surface area contributed by atoms with E-state index < -0.39 is 5.97 Å². The Labute approximate surface area is 160 Å². The van der Waals surface area contributed by atoms with Gasteiger partial charge in [0.25, 0.3) is 0 Å². The highest BCUT2D eigenvalue weighted by Crippen LogP contribution is 2.28. The summed E-state index contributed by atoms with van der Waals surface area (Å²) in [5, 5.41) is 10.9. The van der Waals surface area contributed by atoms with Gasteiger partial charge < -0.3 is 14.5 Å². The maximum Gasteiger partial charge on any atom is 0.159 e. The summed E-state index contributed by atoms with van der Waals surface area (Å²) in [6.45, 7) is 1.53. The fourth-order valence-corrected chi connectivity index (χ4v) is 3.16. The molecule has 0 aliphatic carbocycles. The van der Waals surface area contributed by atoms with Crippen LogP contribution in [0.15, 0.2) is 65.1 Å². The molecule has 5 heteroatoms. The third-order valence-electron chi connectivity index (χ3n) is 4.22. The van der Waals surface area contributed by atoms with Gasteiger partial charge in [-0.3, -0.25) is 4.79 Å². The maximum atomic E-state index is 11.5. The minimum atomic E-state index is -1.07. The normalized spacial score (nSPS) is 10.7. The number of hydrogen-bond donors (Lipinski definition) is 0. The summed E-state index contributed by atoms with van der Waals surface area (Å²) in [5.41, 5.74) is 4.38. The van der Waals surface area contributed by atoms with Crippen LogP contribution in [0.3, 0.4) is 0 Å². The number of carboxylic acid groups (broad SMARTS) is 1. The Hall–Kier alpha value is -2.66. The van der Waals surface area contributed by atoms with Crippen LogP contribution in [-0.2, 0) is 11.2 Å². The lowest BCUT2D eigenvalue weighted by Crippen LogP contribution is -2.22. The zero-order valence-electron chi connectivity index (χ0n) is 14.2. The number of Topliss-reactive ketones (excluding diaryl/α,β-unsaturated/α-hetero) is 1. The molecule has 0 atom stereocenters. The summed E-state index contributed by atoms with van der Waals surface area (Å²) in [6.07, 6.45) is 0.322. The standard InChI is InChI=1S/C21H18BrNO3/c1-14(24)15-4-8-18(9-5-15)23-19(11-13-21(25)26)10-12-20(23)16-2-6-17(22)7-3-16/h2-10,12H,11,13H2,1H3,(H,25,26)/p-1. The van der Waals surface area contributed by atoms with Gasteiger partial charge in [-0.1, -0.05) is 28.1 Å². The van der Waals surface area contributed by atoms with E-state index in [0.717, 1.165) is 27.1 Å². The molecule has 0 saturated heterocycles. The number of hydrogen-bond acceptors (Lipinski definition) is 3. The van der Waals surface area contributed by atoms with Gasteiger partial charge in [0.15, 0.2) is 5.78 Å². The lowest BCUT2D eigenvalue weighted by atomic mass is 10.1. The van der Waals surface area contributed by atoms with Crippen molar-refractivity contribution < 1.29 is 14.7 Å². The predicted octanol–water partition coefficient (Wildman–Crippen LogP) is 3.79. The molecule has 3 rings (SSSR count). The Bertz CT molecular complexity index is 940. The van der Waals surface area contributed by atoms with Crippen LogP contribution in [0.4, 0.5) is 0 Å². The van der Waals surface area contributed by atoms with Crippen LogP contribution in [0.25, 0.3) is 16.9 Å². The highest BCUT2D eigenvalue weighted by atomic mass is 79.9. The van der Waals surface area contributed by atoms with Gasteiger partial charge in [0, 0.05) is 27.4 Å². The SMILES string of the molecule is CC(=O)c1ccc(-n2c(CCC(=O)[O-])ccc2-c2ccc(Br)cc2)cc1. The van der Waals surface area contributed by atoms with Crippen molar-refractivity contribution in [3.63, 3.8) is 0 Å². The second kappa shape index (κ2) is 7.70. The van der Waals surface area contributed by atoms with E-state index in [4.69, 9.17) is 0 Å². The largest absolute Gasteiger partial charge is 0.550 e. The average molecular weight is 411 g/mol. The number of halogens is 1. The number of carbonyl (C=O) groups is 2. The molecule has 0 spiro atoms. The number of aliphatic carboxylic acids is 1. The second-order valence-corrected chi connectivity index (χ2v) is 6.94. The van der Waals surface area contributed by atoms with Crippen LogP contribution in [0.1, 0.15) is 29.4 Å². The van der Waals surface area contributed by atoms with E-state index >= 15 is 0 Å². The van der Waals surface area contributed by atoms with Gasteiger partial charge in [-0.2, -0.15) is 0 Å². The van der Waals surface area contributed by atoms with Crippen LogP contribution < -0.4 is 5.11 Å². The van der Waals surface area contributed by atoms with Crippen molar-refractivity contribution in [1.29, 1.82) is 0 Å². The highest BCUT2D eigenvalue weighted by Gasteiger charge is 2.12. The van der Waals surface area contributed by atoms with E-state index in [1.54, 1.807) is 12.1 Å². The van der Waals surface area contributed by atoms with Gasteiger partial charge in [-0.05, 0) is 73.9 Å².